The number of hydrogen-bond donors (Lipinski definition) is 1. The standard InChI is InChI=1S/C14H11ClF3N/c1-7-2-8(4-9(16)3-7)14(19)10-5-12(17)13(18)6-11(10)15/h2-6,14H,19H2,1H3. The van der Waals surface area contributed by atoms with Crippen molar-refractivity contribution >= 4 is 11.6 Å². The van der Waals surface area contributed by atoms with Crippen molar-refractivity contribution in [2.75, 3.05) is 0 Å². The van der Waals surface area contributed by atoms with Crippen LogP contribution in [0.15, 0.2) is 30.3 Å². The molecule has 0 aromatic heterocycles. The summed E-state index contributed by atoms with van der Waals surface area (Å²) in [5.74, 6) is -2.52. The number of halogens is 4. The number of nitrogens with two attached hydrogens (primary N) is 1. The fraction of sp³-hybridized carbons (Fsp3) is 0.143. The summed E-state index contributed by atoms with van der Waals surface area (Å²) in [4.78, 5) is 0. The first kappa shape index (κ1) is 13.9. The Bertz CT molecular complexity index is 608. The fourth-order valence-corrected chi connectivity index (χ4v) is 2.17. The highest BCUT2D eigenvalue weighted by atomic mass is 35.5. The molecule has 0 bridgehead atoms. The second kappa shape index (κ2) is 5.23. The Hall–Kier alpha value is -1.52. The van der Waals surface area contributed by atoms with Crippen LogP contribution >= 0.6 is 11.6 Å². The second-order valence-electron chi connectivity index (χ2n) is 4.33. The minimum atomic E-state index is -1.05. The molecule has 0 aliphatic rings. The predicted octanol–water partition coefficient (Wildman–Crippen LogP) is 4.11. The van der Waals surface area contributed by atoms with E-state index in [-0.39, 0.29) is 10.6 Å². The zero-order chi connectivity index (χ0) is 14.2. The van der Waals surface area contributed by atoms with Crippen molar-refractivity contribution in [2.45, 2.75) is 13.0 Å². The van der Waals surface area contributed by atoms with E-state index in [0.29, 0.717) is 11.1 Å². The Labute approximate surface area is 113 Å². The van der Waals surface area contributed by atoms with Gasteiger partial charge in [0, 0.05) is 5.02 Å². The first-order valence-electron chi connectivity index (χ1n) is 5.55. The van der Waals surface area contributed by atoms with E-state index in [9.17, 15) is 13.2 Å². The average Bonchev–Trinajstić information content (AvgIpc) is 2.31. The van der Waals surface area contributed by atoms with Crippen LogP contribution in [0.3, 0.4) is 0 Å². The van der Waals surface area contributed by atoms with Crippen LogP contribution in [-0.2, 0) is 0 Å². The quantitative estimate of drug-likeness (QED) is 0.826. The summed E-state index contributed by atoms with van der Waals surface area (Å²) in [5, 5.41) is 0.00770. The number of hydrogen-bond acceptors (Lipinski definition) is 1. The molecule has 2 aromatic carbocycles. The molecule has 0 aliphatic heterocycles. The van der Waals surface area contributed by atoms with Crippen LogP contribution in [0.25, 0.3) is 0 Å². The van der Waals surface area contributed by atoms with Crippen molar-refractivity contribution in [2.24, 2.45) is 5.73 Å². The van der Waals surface area contributed by atoms with Gasteiger partial charge in [-0.3, -0.25) is 0 Å². The third-order valence-electron chi connectivity index (χ3n) is 2.80. The van der Waals surface area contributed by atoms with Gasteiger partial charge in [-0.25, -0.2) is 13.2 Å². The lowest BCUT2D eigenvalue weighted by Crippen LogP contribution is -2.13. The summed E-state index contributed by atoms with van der Waals surface area (Å²) in [5.41, 5.74) is 7.28. The van der Waals surface area contributed by atoms with Gasteiger partial charge in [0.2, 0.25) is 0 Å². The van der Waals surface area contributed by atoms with Gasteiger partial charge >= 0.3 is 0 Å². The molecule has 2 aromatic rings. The van der Waals surface area contributed by atoms with E-state index in [1.165, 1.54) is 12.1 Å². The Morgan fingerprint density at radius 1 is 1.00 bits per heavy atom. The molecule has 0 saturated carbocycles. The third-order valence-corrected chi connectivity index (χ3v) is 3.13. The highest BCUT2D eigenvalue weighted by Crippen LogP contribution is 2.29. The van der Waals surface area contributed by atoms with E-state index >= 15 is 0 Å². The smallest absolute Gasteiger partial charge is 0.160 e. The number of aryl methyl sites for hydroxylation is 1. The van der Waals surface area contributed by atoms with Gasteiger partial charge in [-0.1, -0.05) is 17.7 Å². The lowest BCUT2D eigenvalue weighted by atomic mass is 9.98. The normalized spacial score (nSPS) is 12.5. The highest BCUT2D eigenvalue weighted by Gasteiger charge is 2.17. The molecule has 0 saturated heterocycles. The van der Waals surface area contributed by atoms with E-state index in [0.717, 1.165) is 12.1 Å². The van der Waals surface area contributed by atoms with Gasteiger partial charge in [-0.15, -0.1) is 0 Å². The molecule has 2 N–H and O–H groups in total. The van der Waals surface area contributed by atoms with Gasteiger partial charge in [0.15, 0.2) is 11.6 Å². The Kier molecular flexibility index (Phi) is 3.83. The monoisotopic (exact) mass is 285 g/mol. The van der Waals surface area contributed by atoms with E-state index in [1.54, 1.807) is 13.0 Å². The van der Waals surface area contributed by atoms with Gasteiger partial charge in [0.05, 0.1) is 6.04 Å². The topological polar surface area (TPSA) is 26.0 Å². The lowest BCUT2D eigenvalue weighted by molar-refractivity contribution is 0.506. The van der Waals surface area contributed by atoms with E-state index in [1.807, 2.05) is 0 Å². The lowest BCUT2D eigenvalue weighted by Gasteiger charge is -2.15. The molecular weight excluding hydrogens is 275 g/mol. The molecule has 0 amide bonds. The maximum absolute atomic E-state index is 13.3. The molecule has 5 heteroatoms. The van der Waals surface area contributed by atoms with Gasteiger partial charge < -0.3 is 5.73 Å². The minimum Gasteiger partial charge on any atom is -0.320 e. The van der Waals surface area contributed by atoms with Crippen LogP contribution in [0.1, 0.15) is 22.7 Å². The van der Waals surface area contributed by atoms with E-state index < -0.39 is 23.5 Å². The summed E-state index contributed by atoms with van der Waals surface area (Å²) >= 11 is 5.85. The summed E-state index contributed by atoms with van der Waals surface area (Å²) in [6.45, 7) is 1.71. The molecule has 100 valence electrons. The maximum atomic E-state index is 13.3. The minimum absolute atomic E-state index is 0.00770. The zero-order valence-corrected chi connectivity index (χ0v) is 10.8. The molecule has 1 nitrogen and oxygen atoms in total. The first-order chi connectivity index (χ1) is 8.88. The zero-order valence-electron chi connectivity index (χ0n) is 10.1. The van der Waals surface area contributed by atoms with Crippen LogP contribution in [0.2, 0.25) is 5.02 Å². The predicted molar refractivity (Wildman–Crippen MR) is 68.5 cm³/mol. The van der Waals surface area contributed by atoms with Crippen molar-refractivity contribution in [1.82, 2.24) is 0 Å². The molecule has 1 atom stereocenters. The molecular formula is C14H11ClF3N. The van der Waals surface area contributed by atoms with Crippen LogP contribution in [-0.4, -0.2) is 0 Å². The largest absolute Gasteiger partial charge is 0.320 e. The average molecular weight is 286 g/mol. The molecule has 2 rings (SSSR count). The van der Waals surface area contributed by atoms with Gasteiger partial charge in [-0.05, 0) is 47.9 Å². The van der Waals surface area contributed by atoms with Crippen molar-refractivity contribution in [3.05, 3.63) is 69.5 Å². The molecule has 0 heterocycles. The molecule has 1 unspecified atom stereocenters. The van der Waals surface area contributed by atoms with Crippen LogP contribution < -0.4 is 5.73 Å². The number of benzene rings is 2. The highest BCUT2D eigenvalue weighted by molar-refractivity contribution is 6.31. The summed E-state index contributed by atoms with van der Waals surface area (Å²) < 4.78 is 39.5. The second-order valence-corrected chi connectivity index (χ2v) is 4.73. The Morgan fingerprint density at radius 3 is 2.26 bits per heavy atom. The SMILES string of the molecule is Cc1cc(F)cc(C(N)c2cc(F)c(F)cc2Cl)c1. The maximum Gasteiger partial charge on any atom is 0.160 e. The van der Waals surface area contributed by atoms with E-state index in [2.05, 4.69) is 0 Å². The molecule has 0 aliphatic carbocycles. The fourth-order valence-electron chi connectivity index (χ4n) is 1.90. The van der Waals surface area contributed by atoms with Crippen LogP contribution in [0.5, 0.6) is 0 Å². The van der Waals surface area contributed by atoms with Crippen molar-refractivity contribution in [3.8, 4) is 0 Å². The van der Waals surface area contributed by atoms with Crippen molar-refractivity contribution in [1.29, 1.82) is 0 Å². The number of rotatable bonds is 2. The summed E-state index contributed by atoms with van der Waals surface area (Å²) in [6, 6.07) is 5.24. The summed E-state index contributed by atoms with van der Waals surface area (Å²) in [6.07, 6.45) is 0. The van der Waals surface area contributed by atoms with Crippen LogP contribution in [0.4, 0.5) is 13.2 Å². The summed E-state index contributed by atoms with van der Waals surface area (Å²) in [7, 11) is 0. The first-order valence-corrected chi connectivity index (χ1v) is 5.93. The molecule has 0 spiro atoms. The Morgan fingerprint density at radius 2 is 1.63 bits per heavy atom. The van der Waals surface area contributed by atoms with Gasteiger partial charge in [0.25, 0.3) is 0 Å². The third kappa shape index (κ3) is 2.91. The van der Waals surface area contributed by atoms with Crippen molar-refractivity contribution < 1.29 is 13.2 Å². The van der Waals surface area contributed by atoms with Crippen molar-refractivity contribution in [3.63, 3.8) is 0 Å². The van der Waals surface area contributed by atoms with E-state index in [4.69, 9.17) is 17.3 Å². The molecule has 0 radical (unpaired) electrons. The Balaban J connectivity index is 2.49. The molecule has 0 fully saturated rings. The molecule has 19 heavy (non-hydrogen) atoms. The van der Waals surface area contributed by atoms with Gasteiger partial charge in [-0.2, -0.15) is 0 Å². The van der Waals surface area contributed by atoms with Gasteiger partial charge in [0.1, 0.15) is 5.82 Å². The van der Waals surface area contributed by atoms with Crippen LogP contribution in [0, 0.1) is 24.4 Å².